The van der Waals surface area contributed by atoms with Gasteiger partial charge in [0.25, 0.3) is 0 Å². The van der Waals surface area contributed by atoms with Gasteiger partial charge in [-0.05, 0) is 25.0 Å². The number of para-hydroxylation sites is 1. The molecular weight excluding hydrogens is 255 g/mol. The van der Waals surface area contributed by atoms with Crippen LogP contribution in [0.2, 0.25) is 0 Å². The number of benzene rings is 1. The van der Waals surface area contributed by atoms with Crippen molar-refractivity contribution in [1.29, 1.82) is 0 Å². The highest BCUT2D eigenvalue weighted by atomic mass is 19.1. The van der Waals surface area contributed by atoms with E-state index in [2.05, 4.69) is 10.6 Å². The summed E-state index contributed by atoms with van der Waals surface area (Å²) in [7, 11) is 0. The van der Waals surface area contributed by atoms with E-state index >= 15 is 0 Å². The quantitative estimate of drug-likeness (QED) is 0.885. The third kappa shape index (κ3) is 4.93. The summed E-state index contributed by atoms with van der Waals surface area (Å²) in [5.74, 6) is -0.580. The molecule has 0 spiro atoms. The van der Waals surface area contributed by atoms with Crippen molar-refractivity contribution in [3.63, 3.8) is 0 Å². The van der Waals surface area contributed by atoms with Gasteiger partial charge >= 0.3 is 0 Å². The maximum atomic E-state index is 13.4. The first-order valence-corrected chi connectivity index (χ1v) is 7.53. The van der Waals surface area contributed by atoms with Gasteiger partial charge in [0.15, 0.2) is 0 Å². The van der Waals surface area contributed by atoms with Crippen LogP contribution < -0.4 is 10.6 Å². The van der Waals surface area contributed by atoms with Crippen LogP contribution >= 0.6 is 0 Å². The van der Waals surface area contributed by atoms with Gasteiger partial charge in [0.1, 0.15) is 5.82 Å². The van der Waals surface area contributed by atoms with Crippen LogP contribution in [0.1, 0.15) is 44.9 Å². The largest absolute Gasteiger partial charge is 0.322 e. The summed E-state index contributed by atoms with van der Waals surface area (Å²) in [5.41, 5.74) is 0.247. The second-order valence-electron chi connectivity index (χ2n) is 5.45. The Labute approximate surface area is 120 Å². The molecule has 3 nitrogen and oxygen atoms in total. The SMILES string of the molecule is O=C(CNC1CCCCCCC1)Nc1ccccc1F. The first kappa shape index (κ1) is 15.0. The van der Waals surface area contributed by atoms with Crippen molar-refractivity contribution in [3.05, 3.63) is 30.1 Å². The molecule has 0 bridgehead atoms. The van der Waals surface area contributed by atoms with Crippen LogP contribution in [0.4, 0.5) is 10.1 Å². The van der Waals surface area contributed by atoms with E-state index < -0.39 is 5.82 Å². The van der Waals surface area contributed by atoms with Gasteiger partial charge in [-0.1, -0.05) is 44.2 Å². The van der Waals surface area contributed by atoms with Crippen LogP contribution in [0, 0.1) is 5.82 Å². The average molecular weight is 278 g/mol. The smallest absolute Gasteiger partial charge is 0.238 e. The van der Waals surface area contributed by atoms with E-state index in [4.69, 9.17) is 0 Å². The zero-order valence-electron chi connectivity index (χ0n) is 11.8. The fourth-order valence-electron chi connectivity index (χ4n) is 2.65. The fourth-order valence-corrected chi connectivity index (χ4v) is 2.65. The van der Waals surface area contributed by atoms with Crippen LogP contribution in [0.15, 0.2) is 24.3 Å². The van der Waals surface area contributed by atoms with Gasteiger partial charge in [0, 0.05) is 6.04 Å². The van der Waals surface area contributed by atoms with Gasteiger partial charge in [-0.2, -0.15) is 0 Å². The predicted octanol–water partition coefficient (Wildman–Crippen LogP) is 3.47. The van der Waals surface area contributed by atoms with Crippen molar-refractivity contribution in [1.82, 2.24) is 5.32 Å². The highest BCUT2D eigenvalue weighted by Crippen LogP contribution is 2.17. The lowest BCUT2D eigenvalue weighted by atomic mass is 9.97. The number of halogens is 1. The molecule has 1 aromatic rings. The third-order valence-electron chi connectivity index (χ3n) is 3.80. The zero-order chi connectivity index (χ0) is 14.2. The molecule has 0 aliphatic heterocycles. The van der Waals surface area contributed by atoms with E-state index in [9.17, 15) is 9.18 Å². The minimum absolute atomic E-state index is 0.183. The molecule has 1 aliphatic carbocycles. The summed E-state index contributed by atoms with van der Waals surface area (Å²) in [6.45, 7) is 0.249. The Morgan fingerprint density at radius 2 is 1.75 bits per heavy atom. The fraction of sp³-hybridized carbons (Fsp3) is 0.562. The van der Waals surface area contributed by atoms with Crippen LogP contribution in [-0.4, -0.2) is 18.5 Å². The highest BCUT2D eigenvalue weighted by molar-refractivity contribution is 5.92. The number of rotatable bonds is 4. The minimum atomic E-state index is -0.396. The summed E-state index contributed by atoms with van der Waals surface area (Å²) in [5, 5.41) is 5.90. The molecule has 2 N–H and O–H groups in total. The van der Waals surface area contributed by atoms with Gasteiger partial charge < -0.3 is 10.6 Å². The average Bonchev–Trinajstić information content (AvgIpc) is 2.40. The van der Waals surface area contributed by atoms with E-state index in [0.717, 1.165) is 12.8 Å². The summed E-state index contributed by atoms with van der Waals surface area (Å²) >= 11 is 0. The van der Waals surface area contributed by atoms with Gasteiger partial charge in [-0.3, -0.25) is 4.79 Å². The number of carbonyl (C=O) groups is 1. The Kier molecular flexibility index (Phi) is 5.99. The van der Waals surface area contributed by atoms with Crippen LogP contribution in [0.5, 0.6) is 0 Å². The molecule has 1 aromatic carbocycles. The second kappa shape index (κ2) is 8.00. The lowest BCUT2D eigenvalue weighted by molar-refractivity contribution is -0.115. The molecule has 0 unspecified atom stereocenters. The van der Waals surface area contributed by atoms with E-state index in [0.29, 0.717) is 6.04 Å². The molecule has 2 rings (SSSR count). The number of anilines is 1. The van der Waals surface area contributed by atoms with E-state index in [1.54, 1.807) is 18.2 Å². The monoisotopic (exact) mass is 278 g/mol. The van der Waals surface area contributed by atoms with Crippen molar-refractivity contribution in [2.45, 2.75) is 51.0 Å². The summed E-state index contributed by atoms with van der Waals surface area (Å²) < 4.78 is 13.4. The first-order valence-electron chi connectivity index (χ1n) is 7.53. The second-order valence-corrected chi connectivity index (χ2v) is 5.45. The Morgan fingerprint density at radius 1 is 1.10 bits per heavy atom. The third-order valence-corrected chi connectivity index (χ3v) is 3.80. The minimum Gasteiger partial charge on any atom is -0.322 e. The Morgan fingerprint density at radius 3 is 2.45 bits per heavy atom. The molecule has 0 saturated heterocycles. The van der Waals surface area contributed by atoms with Crippen LogP contribution in [-0.2, 0) is 4.79 Å². The maximum Gasteiger partial charge on any atom is 0.238 e. The Bertz CT molecular complexity index is 428. The summed E-state index contributed by atoms with van der Waals surface area (Å²) in [6, 6.07) is 6.65. The van der Waals surface area contributed by atoms with Gasteiger partial charge in [-0.25, -0.2) is 4.39 Å². The molecule has 0 radical (unpaired) electrons. The van der Waals surface area contributed by atoms with Crippen LogP contribution in [0.25, 0.3) is 0 Å². The van der Waals surface area contributed by atoms with E-state index in [-0.39, 0.29) is 18.1 Å². The molecule has 0 heterocycles. The van der Waals surface area contributed by atoms with Gasteiger partial charge in [0.2, 0.25) is 5.91 Å². The first-order chi connectivity index (χ1) is 9.75. The maximum absolute atomic E-state index is 13.4. The predicted molar refractivity (Wildman–Crippen MR) is 79.1 cm³/mol. The topological polar surface area (TPSA) is 41.1 Å². The van der Waals surface area contributed by atoms with Gasteiger partial charge in [-0.15, -0.1) is 0 Å². The molecular formula is C16H23FN2O. The van der Waals surface area contributed by atoms with E-state index in [1.807, 2.05) is 0 Å². The Balaban J connectivity index is 1.75. The number of nitrogens with one attached hydrogen (secondary N) is 2. The molecule has 4 heteroatoms. The lowest BCUT2D eigenvalue weighted by Gasteiger charge is -2.20. The molecule has 0 atom stereocenters. The lowest BCUT2D eigenvalue weighted by Crippen LogP contribution is -2.36. The number of amides is 1. The Hall–Kier alpha value is -1.42. The van der Waals surface area contributed by atoms with Crippen molar-refractivity contribution >= 4 is 11.6 Å². The standard InChI is InChI=1S/C16H23FN2O/c17-14-10-6-7-11-15(14)19-16(20)12-18-13-8-4-2-1-3-5-9-13/h6-7,10-11,13,18H,1-5,8-9,12H2,(H,19,20). The highest BCUT2D eigenvalue weighted by Gasteiger charge is 2.13. The molecule has 1 amide bonds. The zero-order valence-corrected chi connectivity index (χ0v) is 11.8. The number of hydrogen-bond acceptors (Lipinski definition) is 2. The van der Waals surface area contributed by atoms with Crippen molar-refractivity contribution in [2.75, 3.05) is 11.9 Å². The molecule has 0 aromatic heterocycles. The summed E-state index contributed by atoms with van der Waals surface area (Å²) in [6.07, 6.45) is 8.64. The van der Waals surface area contributed by atoms with Gasteiger partial charge in [0.05, 0.1) is 12.2 Å². The van der Waals surface area contributed by atoms with Crippen molar-refractivity contribution < 1.29 is 9.18 Å². The molecule has 20 heavy (non-hydrogen) atoms. The van der Waals surface area contributed by atoms with Crippen molar-refractivity contribution in [3.8, 4) is 0 Å². The van der Waals surface area contributed by atoms with Crippen LogP contribution in [0.3, 0.4) is 0 Å². The molecule has 1 saturated carbocycles. The normalized spacial score (nSPS) is 17.2. The number of hydrogen-bond donors (Lipinski definition) is 2. The van der Waals surface area contributed by atoms with Crippen molar-refractivity contribution in [2.24, 2.45) is 0 Å². The number of carbonyl (C=O) groups excluding carboxylic acids is 1. The van der Waals surface area contributed by atoms with E-state index in [1.165, 1.54) is 38.2 Å². The molecule has 1 fully saturated rings. The molecule has 1 aliphatic rings. The summed E-state index contributed by atoms with van der Waals surface area (Å²) in [4.78, 5) is 11.8. The molecule has 110 valence electrons.